The van der Waals surface area contributed by atoms with Gasteiger partial charge in [-0.25, -0.2) is 9.37 Å². The van der Waals surface area contributed by atoms with E-state index < -0.39 is 0 Å². The normalized spacial score (nSPS) is 14.5. The molecule has 180 valence electrons. The molecule has 0 atom stereocenters. The summed E-state index contributed by atoms with van der Waals surface area (Å²) in [4.78, 5) is 34.1. The van der Waals surface area contributed by atoms with Crippen LogP contribution in [0.25, 0.3) is 16.6 Å². The van der Waals surface area contributed by atoms with Crippen molar-refractivity contribution in [3.63, 3.8) is 0 Å². The molecule has 35 heavy (non-hydrogen) atoms. The number of aromatic nitrogens is 2. The van der Waals surface area contributed by atoms with Crippen LogP contribution in [0.1, 0.15) is 16.8 Å². The summed E-state index contributed by atoms with van der Waals surface area (Å²) in [5, 5.41) is 3.90. The van der Waals surface area contributed by atoms with E-state index in [9.17, 15) is 14.0 Å². The molecule has 1 aliphatic rings. The number of hydrogen-bond acceptors (Lipinski definition) is 4. The third kappa shape index (κ3) is 4.99. The minimum atomic E-state index is -0.257. The van der Waals surface area contributed by atoms with Crippen molar-refractivity contribution in [2.75, 3.05) is 44.2 Å². The van der Waals surface area contributed by atoms with E-state index >= 15 is 0 Å². The fraction of sp³-hybridized carbons (Fsp3) is 0.269. The zero-order valence-corrected chi connectivity index (χ0v) is 19.9. The van der Waals surface area contributed by atoms with Crippen LogP contribution in [0.3, 0.4) is 0 Å². The van der Waals surface area contributed by atoms with Crippen LogP contribution in [0.5, 0.6) is 0 Å². The molecule has 1 saturated heterocycles. The van der Waals surface area contributed by atoms with Crippen LogP contribution in [-0.4, -0.2) is 54.6 Å². The van der Waals surface area contributed by atoms with Crippen molar-refractivity contribution in [1.82, 2.24) is 14.7 Å². The largest absolute Gasteiger partial charge is 0.360 e. The van der Waals surface area contributed by atoms with Crippen LogP contribution in [0, 0.1) is 5.82 Å². The molecule has 1 amide bonds. The Morgan fingerprint density at radius 2 is 1.89 bits per heavy atom. The van der Waals surface area contributed by atoms with Crippen LogP contribution >= 0.6 is 11.6 Å². The van der Waals surface area contributed by atoms with Crippen LogP contribution in [-0.2, 0) is 0 Å². The van der Waals surface area contributed by atoms with E-state index in [2.05, 4.69) is 15.2 Å². The minimum absolute atomic E-state index is 0.218. The molecular formula is C26H26ClFN5O2+. The van der Waals surface area contributed by atoms with Gasteiger partial charge in [-0.05, 0) is 54.6 Å². The highest BCUT2D eigenvalue weighted by atomic mass is 35.5. The Balaban J connectivity index is 1.17. The number of fused-ring (bicyclic) bond motifs is 2. The summed E-state index contributed by atoms with van der Waals surface area (Å²) in [6.45, 7) is 5.32. The Hall–Kier alpha value is -3.49. The van der Waals surface area contributed by atoms with E-state index in [-0.39, 0.29) is 17.3 Å². The number of pyridine rings is 1. The van der Waals surface area contributed by atoms with E-state index in [1.54, 1.807) is 36.5 Å². The van der Waals surface area contributed by atoms with E-state index in [0.29, 0.717) is 33.7 Å². The van der Waals surface area contributed by atoms with Gasteiger partial charge in [0.2, 0.25) is 0 Å². The van der Waals surface area contributed by atoms with Crippen LogP contribution in [0.15, 0.2) is 65.6 Å². The van der Waals surface area contributed by atoms with Crippen molar-refractivity contribution in [3.05, 3.63) is 87.6 Å². The molecule has 0 radical (unpaired) electrons. The predicted molar refractivity (Wildman–Crippen MR) is 135 cm³/mol. The summed E-state index contributed by atoms with van der Waals surface area (Å²) in [6, 6.07) is 14.9. The van der Waals surface area contributed by atoms with Crippen molar-refractivity contribution in [3.8, 4) is 0 Å². The highest BCUT2D eigenvalue weighted by molar-refractivity contribution is 6.31. The van der Waals surface area contributed by atoms with Crippen molar-refractivity contribution in [1.29, 1.82) is 0 Å². The lowest BCUT2D eigenvalue weighted by Gasteiger charge is -2.33. The minimum Gasteiger partial charge on any atom is -0.360 e. The Bertz CT molecular complexity index is 1430. The van der Waals surface area contributed by atoms with E-state index in [1.165, 1.54) is 21.4 Å². The molecule has 5 rings (SSSR count). The number of benzene rings is 2. The number of rotatable bonds is 6. The quantitative estimate of drug-likeness (QED) is 0.318. The first-order valence-electron chi connectivity index (χ1n) is 11.7. The highest BCUT2D eigenvalue weighted by Crippen LogP contribution is 2.17. The molecule has 2 aromatic carbocycles. The van der Waals surface area contributed by atoms with Gasteiger partial charge >= 0.3 is 0 Å². The van der Waals surface area contributed by atoms with Crippen LogP contribution in [0.2, 0.25) is 5.02 Å². The second-order valence-corrected chi connectivity index (χ2v) is 9.20. The monoisotopic (exact) mass is 494 g/mol. The standard InChI is InChI=1S/C26H25ClFN5O2/c27-18-4-9-21-23(17-18)30-24-22(3-1-12-33(24)26(21)35)25(34)29-10-2-11-31-13-15-32(16-14-31)20-7-5-19(28)6-8-20/h1,3-9,12,17H,2,10-11,13-16H2,(H,29,34)/p+1. The van der Waals surface area contributed by atoms with Crippen molar-refractivity contribution >= 4 is 39.7 Å². The molecule has 1 fully saturated rings. The molecule has 0 saturated carbocycles. The van der Waals surface area contributed by atoms with Gasteiger partial charge in [0.05, 0.1) is 49.2 Å². The second-order valence-electron chi connectivity index (χ2n) is 8.77. The maximum Gasteiger partial charge on any atom is 0.265 e. The SMILES string of the molecule is O=C(NCCC[NH+]1CCN(c2ccc(F)cc2)CC1)c1cccn2c(=O)c3ccc(Cl)cc3nc12. The van der Waals surface area contributed by atoms with Crippen molar-refractivity contribution in [2.45, 2.75) is 6.42 Å². The van der Waals surface area contributed by atoms with Gasteiger partial charge in [0.1, 0.15) is 5.82 Å². The van der Waals surface area contributed by atoms with Crippen molar-refractivity contribution in [2.24, 2.45) is 0 Å². The number of carbonyl (C=O) groups excluding carboxylic acids is 1. The number of hydrogen-bond donors (Lipinski definition) is 2. The maximum atomic E-state index is 13.1. The van der Waals surface area contributed by atoms with E-state index in [4.69, 9.17) is 11.6 Å². The Morgan fingerprint density at radius 3 is 2.66 bits per heavy atom. The van der Waals surface area contributed by atoms with Crippen LogP contribution < -0.4 is 20.7 Å². The predicted octanol–water partition coefficient (Wildman–Crippen LogP) is 2.17. The zero-order valence-electron chi connectivity index (χ0n) is 19.1. The lowest BCUT2D eigenvalue weighted by Crippen LogP contribution is -3.15. The smallest absolute Gasteiger partial charge is 0.265 e. The van der Waals surface area contributed by atoms with Crippen LogP contribution in [0.4, 0.5) is 10.1 Å². The summed E-state index contributed by atoms with van der Waals surface area (Å²) in [5.41, 5.74) is 1.94. The summed E-state index contributed by atoms with van der Waals surface area (Å²) in [7, 11) is 0. The number of carbonyl (C=O) groups is 1. The molecule has 7 nitrogen and oxygen atoms in total. The Morgan fingerprint density at radius 1 is 1.11 bits per heavy atom. The number of amides is 1. The molecular weight excluding hydrogens is 469 g/mol. The number of nitrogens with one attached hydrogen (secondary N) is 2. The molecule has 3 heterocycles. The highest BCUT2D eigenvalue weighted by Gasteiger charge is 2.20. The average Bonchev–Trinajstić information content (AvgIpc) is 2.87. The van der Waals surface area contributed by atoms with Gasteiger partial charge in [0.15, 0.2) is 5.65 Å². The zero-order chi connectivity index (χ0) is 24.4. The Labute approximate surface area is 206 Å². The van der Waals surface area contributed by atoms with Gasteiger partial charge in [-0.3, -0.25) is 14.0 Å². The summed E-state index contributed by atoms with van der Waals surface area (Å²) in [5.74, 6) is -0.475. The summed E-state index contributed by atoms with van der Waals surface area (Å²) in [6.07, 6.45) is 2.46. The number of anilines is 1. The number of quaternary nitrogens is 1. The van der Waals surface area contributed by atoms with Gasteiger partial charge in [0.25, 0.3) is 11.5 Å². The van der Waals surface area contributed by atoms with Gasteiger partial charge in [-0.15, -0.1) is 0 Å². The third-order valence-electron chi connectivity index (χ3n) is 6.50. The van der Waals surface area contributed by atoms with Gasteiger partial charge in [0, 0.05) is 29.9 Å². The molecule has 2 aromatic heterocycles. The first kappa shape index (κ1) is 23.3. The summed E-state index contributed by atoms with van der Waals surface area (Å²) >= 11 is 6.07. The first-order chi connectivity index (χ1) is 17.0. The lowest BCUT2D eigenvalue weighted by molar-refractivity contribution is -0.900. The number of halogens is 2. The average molecular weight is 495 g/mol. The number of piperazine rings is 1. The Kier molecular flexibility index (Phi) is 6.66. The molecule has 0 unspecified atom stereocenters. The molecule has 4 aromatic rings. The lowest BCUT2D eigenvalue weighted by atomic mass is 10.2. The topological polar surface area (TPSA) is 71.2 Å². The maximum absolute atomic E-state index is 13.1. The third-order valence-corrected chi connectivity index (χ3v) is 6.74. The molecule has 9 heteroatoms. The molecule has 0 aliphatic carbocycles. The molecule has 0 bridgehead atoms. The fourth-order valence-corrected chi connectivity index (χ4v) is 4.76. The first-order valence-corrected chi connectivity index (χ1v) is 12.1. The molecule has 1 aliphatic heterocycles. The van der Waals surface area contributed by atoms with E-state index in [0.717, 1.165) is 44.8 Å². The number of nitrogens with zero attached hydrogens (tertiary/aromatic N) is 3. The second kappa shape index (κ2) is 10.0. The van der Waals surface area contributed by atoms with E-state index in [1.807, 2.05) is 12.1 Å². The summed E-state index contributed by atoms with van der Waals surface area (Å²) < 4.78 is 14.5. The van der Waals surface area contributed by atoms with Crippen molar-refractivity contribution < 1.29 is 14.1 Å². The fourth-order valence-electron chi connectivity index (χ4n) is 4.60. The van der Waals surface area contributed by atoms with Gasteiger partial charge in [-0.2, -0.15) is 0 Å². The van der Waals surface area contributed by atoms with Gasteiger partial charge in [-0.1, -0.05) is 11.6 Å². The molecule has 2 N–H and O–H groups in total. The molecule has 0 spiro atoms. The van der Waals surface area contributed by atoms with Gasteiger partial charge < -0.3 is 15.1 Å².